The predicted octanol–water partition coefficient (Wildman–Crippen LogP) is 4.19. The highest BCUT2D eigenvalue weighted by Gasteiger charge is 2.46. The van der Waals surface area contributed by atoms with E-state index in [-0.39, 0.29) is 23.7 Å². The van der Waals surface area contributed by atoms with Crippen molar-refractivity contribution in [3.05, 3.63) is 59.9 Å². The minimum absolute atomic E-state index is 0.0112. The van der Waals surface area contributed by atoms with Gasteiger partial charge < -0.3 is 10.2 Å². The van der Waals surface area contributed by atoms with E-state index in [9.17, 15) is 14.0 Å². The van der Waals surface area contributed by atoms with E-state index in [1.54, 1.807) is 17.0 Å². The van der Waals surface area contributed by atoms with E-state index >= 15 is 0 Å². The van der Waals surface area contributed by atoms with Crippen LogP contribution in [0.25, 0.3) is 11.1 Å². The minimum atomic E-state index is -0.712. The molecule has 0 radical (unpaired) electrons. The molecule has 1 unspecified atom stereocenters. The fraction of sp³-hybridized carbons (Fsp3) is 0.417. The van der Waals surface area contributed by atoms with Crippen LogP contribution in [0.3, 0.4) is 0 Å². The molecule has 1 atom stereocenters. The fourth-order valence-corrected chi connectivity index (χ4v) is 4.12. The molecule has 1 heterocycles. The van der Waals surface area contributed by atoms with Gasteiger partial charge in [-0.3, -0.25) is 9.59 Å². The molecular weight excluding hydrogens is 367 g/mol. The van der Waals surface area contributed by atoms with Crippen LogP contribution in [0.5, 0.6) is 0 Å². The van der Waals surface area contributed by atoms with Gasteiger partial charge in [0.2, 0.25) is 11.8 Å². The SMILES string of the molecule is CCC(=O)N1CCC(Cc2ccccc2-c2ccccc2F)(C(=O)NC(C)C)C1. The highest BCUT2D eigenvalue weighted by atomic mass is 19.1. The van der Waals surface area contributed by atoms with Gasteiger partial charge in [-0.25, -0.2) is 4.39 Å². The molecule has 2 amide bonds. The van der Waals surface area contributed by atoms with Gasteiger partial charge >= 0.3 is 0 Å². The van der Waals surface area contributed by atoms with Crippen molar-refractivity contribution >= 4 is 11.8 Å². The number of nitrogens with one attached hydrogen (secondary N) is 1. The second-order valence-electron chi connectivity index (χ2n) is 8.14. The van der Waals surface area contributed by atoms with Crippen molar-refractivity contribution in [3.63, 3.8) is 0 Å². The number of rotatable bonds is 6. The zero-order chi connectivity index (χ0) is 21.0. The van der Waals surface area contributed by atoms with Gasteiger partial charge in [0, 0.05) is 31.1 Å². The Morgan fingerprint density at radius 2 is 1.76 bits per heavy atom. The lowest BCUT2D eigenvalue weighted by Gasteiger charge is -2.30. The van der Waals surface area contributed by atoms with E-state index in [2.05, 4.69) is 5.32 Å². The molecule has 2 aromatic rings. The predicted molar refractivity (Wildman–Crippen MR) is 113 cm³/mol. The Morgan fingerprint density at radius 3 is 2.41 bits per heavy atom. The summed E-state index contributed by atoms with van der Waals surface area (Å²) in [5.74, 6) is -0.260. The van der Waals surface area contributed by atoms with Crippen LogP contribution >= 0.6 is 0 Å². The maximum Gasteiger partial charge on any atom is 0.228 e. The Labute approximate surface area is 172 Å². The standard InChI is InChI=1S/C24H29FN2O2/c1-4-22(28)27-14-13-24(16-27,23(29)26-17(2)3)15-18-9-5-6-10-19(18)20-11-7-8-12-21(20)25/h5-12,17H,4,13-16H2,1-3H3,(H,26,29). The second kappa shape index (κ2) is 8.76. The van der Waals surface area contributed by atoms with E-state index < -0.39 is 5.41 Å². The number of carbonyl (C=O) groups excluding carboxylic acids is 2. The van der Waals surface area contributed by atoms with Crippen LogP contribution in [0.15, 0.2) is 48.5 Å². The fourth-order valence-electron chi connectivity index (χ4n) is 4.12. The normalized spacial score (nSPS) is 18.9. The summed E-state index contributed by atoms with van der Waals surface area (Å²) in [5.41, 5.74) is 1.53. The largest absolute Gasteiger partial charge is 0.353 e. The van der Waals surface area contributed by atoms with Crippen molar-refractivity contribution in [2.75, 3.05) is 13.1 Å². The molecular formula is C24H29FN2O2. The lowest BCUT2D eigenvalue weighted by atomic mass is 9.78. The van der Waals surface area contributed by atoms with Gasteiger partial charge in [0.1, 0.15) is 5.82 Å². The summed E-state index contributed by atoms with van der Waals surface area (Å²) in [6.45, 7) is 6.67. The third kappa shape index (κ3) is 4.50. The van der Waals surface area contributed by atoms with Gasteiger partial charge in [-0.1, -0.05) is 49.4 Å². The first kappa shape index (κ1) is 21.0. The summed E-state index contributed by atoms with van der Waals surface area (Å²) in [6.07, 6.45) is 1.49. The molecule has 3 rings (SSSR count). The topological polar surface area (TPSA) is 49.4 Å². The van der Waals surface area contributed by atoms with Crippen LogP contribution in [0, 0.1) is 11.2 Å². The third-order valence-electron chi connectivity index (χ3n) is 5.62. The summed E-state index contributed by atoms with van der Waals surface area (Å²) >= 11 is 0. The van der Waals surface area contributed by atoms with E-state index in [0.717, 1.165) is 11.1 Å². The minimum Gasteiger partial charge on any atom is -0.353 e. The van der Waals surface area contributed by atoms with E-state index in [0.29, 0.717) is 37.9 Å². The Hall–Kier alpha value is -2.69. The molecule has 0 bridgehead atoms. The highest BCUT2D eigenvalue weighted by molar-refractivity contribution is 5.86. The molecule has 2 aromatic carbocycles. The maximum atomic E-state index is 14.5. The summed E-state index contributed by atoms with van der Waals surface area (Å²) in [5, 5.41) is 3.04. The lowest BCUT2D eigenvalue weighted by molar-refractivity contribution is -0.133. The number of carbonyl (C=O) groups is 2. The highest BCUT2D eigenvalue weighted by Crippen LogP contribution is 2.38. The molecule has 0 aliphatic carbocycles. The number of nitrogens with zero attached hydrogens (tertiary/aromatic N) is 1. The van der Waals surface area contributed by atoms with Gasteiger partial charge in [0.15, 0.2) is 0 Å². The monoisotopic (exact) mass is 396 g/mol. The molecule has 4 nitrogen and oxygen atoms in total. The van der Waals surface area contributed by atoms with Crippen LogP contribution < -0.4 is 5.32 Å². The number of benzene rings is 2. The lowest BCUT2D eigenvalue weighted by Crippen LogP contribution is -2.47. The first-order valence-electron chi connectivity index (χ1n) is 10.3. The van der Waals surface area contributed by atoms with Crippen LogP contribution in [0.2, 0.25) is 0 Å². The van der Waals surface area contributed by atoms with Gasteiger partial charge in [-0.05, 0) is 43.9 Å². The van der Waals surface area contributed by atoms with Crippen LogP contribution in [-0.4, -0.2) is 35.8 Å². The molecule has 0 aromatic heterocycles. The van der Waals surface area contributed by atoms with Gasteiger partial charge in [0.05, 0.1) is 5.41 Å². The molecule has 29 heavy (non-hydrogen) atoms. The zero-order valence-electron chi connectivity index (χ0n) is 17.4. The smallest absolute Gasteiger partial charge is 0.228 e. The number of amides is 2. The van der Waals surface area contributed by atoms with E-state index in [1.165, 1.54) is 6.07 Å². The van der Waals surface area contributed by atoms with Gasteiger partial charge in [0.25, 0.3) is 0 Å². The molecule has 0 spiro atoms. The Morgan fingerprint density at radius 1 is 1.10 bits per heavy atom. The third-order valence-corrected chi connectivity index (χ3v) is 5.62. The van der Waals surface area contributed by atoms with Crippen LogP contribution in [-0.2, 0) is 16.0 Å². The molecule has 0 saturated carbocycles. The Bertz CT molecular complexity index is 896. The number of hydrogen-bond acceptors (Lipinski definition) is 2. The average Bonchev–Trinajstić information content (AvgIpc) is 3.13. The van der Waals surface area contributed by atoms with Crippen molar-refractivity contribution in [2.45, 2.75) is 46.1 Å². The number of hydrogen-bond donors (Lipinski definition) is 1. The van der Waals surface area contributed by atoms with Crippen molar-refractivity contribution in [3.8, 4) is 11.1 Å². The molecule has 5 heteroatoms. The van der Waals surface area contributed by atoms with Crippen molar-refractivity contribution in [2.24, 2.45) is 5.41 Å². The summed E-state index contributed by atoms with van der Waals surface area (Å²) in [4.78, 5) is 27.3. The zero-order valence-corrected chi connectivity index (χ0v) is 17.4. The average molecular weight is 397 g/mol. The first-order valence-corrected chi connectivity index (χ1v) is 10.3. The van der Waals surface area contributed by atoms with Crippen LogP contribution in [0.1, 0.15) is 39.2 Å². The van der Waals surface area contributed by atoms with E-state index in [4.69, 9.17) is 0 Å². The maximum absolute atomic E-state index is 14.5. The first-order chi connectivity index (χ1) is 13.9. The molecule has 154 valence electrons. The molecule has 1 saturated heterocycles. The molecule has 1 aliphatic rings. The molecule has 1 fully saturated rings. The second-order valence-corrected chi connectivity index (χ2v) is 8.14. The van der Waals surface area contributed by atoms with Crippen molar-refractivity contribution in [1.82, 2.24) is 10.2 Å². The van der Waals surface area contributed by atoms with E-state index in [1.807, 2.05) is 51.1 Å². The van der Waals surface area contributed by atoms with Gasteiger partial charge in [-0.15, -0.1) is 0 Å². The van der Waals surface area contributed by atoms with Crippen molar-refractivity contribution in [1.29, 1.82) is 0 Å². The number of likely N-dealkylation sites (tertiary alicyclic amines) is 1. The van der Waals surface area contributed by atoms with Crippen molar-refractivity contribution < 1.29 is 14.0 Å². The van der Waals surface area contributed by atoms with Crippen LogP contribution in [0.4, 0.5) is 4.39 Å². The van der Waals surface area contributed by atoms with Gasteiger partial charge in [-0.2, -0.15) is 0 Å². The molecule has 1 N–H and O–H groups in total. The summed E-state index contributed by atoms with van der Waals surface area (Å²) < 4.78 is 14.5. The summed E-state index contributed by atoms with van der Waals surface area (Å²) in [6, 6.07) is 14.4. The quantitative estimate of drug-likeness (QED) is 0.796. The molecule has 1 aliphatic heterocycles. The Balaban J connectivity index is 1.99. The number of halogens is 1. The summed E-state index contributed by atoms with van der Waals surface area (Å²) in [7, 11) is 0. The Kier molecular flexibility index (Phi) is 6.36.